The van der Waals surface area contributed by atoms with Gasteiger partial charge in [-0.05, 0) is 30.6 Å². The van der Waals surface area contributed by atoms with Crippen LogP contribution in [0.3, 0.4) is 0 Å². The summed E-state index contributed by atoms with van der Waals surface area (Å²) in [7, 11) is 0. The van der Waals surface area contributed by atoms with Gasteiger partial charge in [-0.25, -0.2) is 0 Å². The molecule has 0 spiro atoms. The number of hydrogen-bond donors (Lipinski definition) is 0. The zero-order valence-corrected chi connectivity index (χ0v) is 8.35. The van der Waals surface area contributed by atoms with E-state index in [2.05, 4.69) is 9.36 Å². The molecule has 0 aromatic carbocycles. The van der Waals surface area contributed by atoms with Crippen LogP contribution < -0.4 is 0 Å². The van der Waals surface area contributed by atoms with E-state index in [0.29, 0.717) is 0 Å². The van der Waals surface area contributed by atoms with E-state index >= 15 is 0 Å². The van der Waals surface area contributed by atoms with Gasteiger partial charge in [-0.2, -0.15) is 4.37 Å². The van der Waals surface area contributed by atoms with Crippen LogP contribution in [-0.4, -0.2) is 9.36 Å². The van der Waals surface area contributed by atoms with Crippen LogP contribution in [0.1, 0.15) is 19.5 Å². The summed E-state index contributed by atoms with van der Waals surface area (Å²) in [5, 5.41) is 0. The lowest BCUT2D eigenvalue weighted by molar-refractivity contribution is 1.31. The highest BCUT2D eigenvalue weighted by Crippen LogP contribution is 2.18. The van der Waals surface area contributed by atoms with Crippen LogP contribution >= 0.6 is 11.5 Å². The summed E-state index contributed by atoms with van der Waals surface area (Å²) < 4.78 is 5.34. The lowest BCUT2D eigenvalue weighted by atomic mass is 10.3. The minimum Gasteiger partial charge on any atom is -0.253 e. The zero-order chi connectivity index (χ0) is 8.97. The van der Waals surface area contributed by atoms with E-state index < -0.39 is 0 Å². The fraction of sp³-hybridized carbons (Fsp3) is 0.333. The van der Waals surface area contributed by atoms with Gasteiger partial charge in [0, 0.05) is 6.20 Å². The molecule has 0 aliphatic heterocycles. The number of pyridine rings is 1. The first kappa shape index (κ1) is 9.13. The molecular formula is C9H12N2S. The molecule has 0 aliphatic rings. The molecule has 2 heterocycles. The second-order valence-electron chi connectivity index (χ2n) is 2.12. The Kier molecular flexibility index (Phi) is 3.17. The van der Waals surface area contributed by atoms with E-state index in [1.165, 1.54) is 16.2 Å². The normalized spacial score (nSPS) is 9.25. The smallest absolute Gasteiger partial charge is 0.104 e. The second-order valence-corrected chi connectivity index (χ2v) is 2.92. The Hall–Kier alpha value is -0.960. The SMILES string of the molecule is CC.Cc1nsc2cccnc12. The van der Waals surface area contributed by atoms with Crippen molar-refractivity contribution in [3.05, 3.63) is 24.0 Å². The van der Waals surface area contributed by atoms with E-state index in [-0.39, 0.29) is 0 Å². The molecule has 2 aromatic heterocycles. The van der Waals surface area contributed by atoms with Gasteiger partial charge in [0.1, 0.15) is 5.52 Å². The molecule has 0 bridgehead atoms. The number of nitrogens with zero attached hydrogens (tertiary/aromatic N) is 2. The van der Waals surface area contributed by atoms with Gasteiger partial charge >= 0.3 is 0 Å². The van der Waals surface area contributed by atoms with E-state index in [4.69, 9.17) is 0 Å². The van der Waals surface area contributed by atoms with Crippen molar-refractivity contribution < 1.29 is 0 Å². The van der Waals surface area contributed by atoms with Gasteiger partial charge in [-0.3, -0.25) is 4.98 Å². The summed E-state index contributed by atoms with van der Waals surface area (Å²) in [4.78, 5) is 4.19. The topological polar surface area (TPSA) is 25.8 Å². The minimum absolute atomic E-state index is 1.03. The molecule has 0 N–H and O–H groups in total. The van der Waals surface area contributed by atoms with Crippen molar-refractivity contribution in [3.63, 3.8) is 0 Å². The number of aryl methyl sites for hydroxylation is 1. The summed E-state index contributed by atoms with van der Waals surface area (Å²) in [6.45, 7) is 5.98. The average molecular weight is 180 g/mol. The van der Waals surface area contributed by atoms with Crippen LogP contribution in [0.5, 0.6) is 0 Å². The van der Waals surface area contributed by atoms with Crippen molar-refractivity contribution in [1.82, 2.24) is 9.36 Å². The Labute approximate surface area is 76.4 Å². The van der Waals surface area contributed by atoms with Crippen LogP contribution in [0, 0.1) is 6.92 Å². The zero-order valence-electron chi connectivity index (χ0n) is 7.53. The maximum Gasteiger partial charge on any atom is 0.104 e. The fourth-order valence-electron chi connectivity index (χ4n) is 0.897. The third kappa shape index (κ3) is 1.61. The first-order valence-corrected chi connectivity index (χ1v) is 4.82. The monoisotopic (exact) mass is 180 g/mol. The largest absolute Gasteiger partial charge is 0.253 e. The third-order valence-corrected chi connectivity index (χ3v) is 2.29. The van der Waals surface area contributed by atoms with E-state index in [0.717, 1.165) is 11.2 Å². The number of rotatable bonds is 0. The average Bonchev–Trinajstić information content (AvgIpc) is 2.53. The van der Waals surface area contributed by atoms with Gasteiger partial charge in [0.15, 0.2) is 0 Å². The maximum atomic E-state index is 4.19. The van der Waals surface area contributed by atoms with Crippen LogP contribution in [0.2, 0.25) is 0 Å². The Morgan fingerprint density at radius 3 is 2.75 bits per heavy atom. The van der Waals surface area contributed by atoms with E-state index in [1.807, 2.05) is 32.9 Å². The minimum atomic E-state index is 1.03. The molecule has 64 valence electrons. The Balaban J connectivity index is 0.000000336. The van der Waals surface area contributed by atoms with E-state index in [1.54, 1.807) is 6.20 Å². The molecule has 0 amide bonds. The summed E-state index contributed by atoms with van der Waals surface area (Å²) in [5.74, 6) is 0. The highest BCUT2D eigenvalue weighted by molar-refractivity contribution is 7.13. The molecule has 2 aromatic rings. The molecular weight excluding hydrogens is 168 g/mol. The standard InChI is InChI=1S/C7H6N2S.C2H6/c1-5-7-6(10-9-5)3-2-4-8-7;1-2/h2-4H,1H3;1-2H3. The molecule has 3 heteroatoms. The molecule has 2 rings (SSSR count). The van der Waals surface area contributed by atoms with E-state index in [9.17, 15) is 0 Å². The van der Waals surface area contributed by atoms with Gasteiger partial charge in [0.25, 0.3) is 0 Å². The number of hydrogen-bond acceptors (Lipinski definition) is 3. The molecule has 12 heavy (non-hydrogen) atoms. The van der Waals surface area contributed by atoms with Gasteiger partial charge < -0.3 is 0 Å². The summed E-state index contributed by atoms with van der Waals surface area (Å²) >= 11 is 1.50. The summed E-state index contributed by atoms with van der Waals surface area (Å²) in [6, 6.07) is 3.97. The lowest BCUT2D eigenvalue weighted by Gasteiger charge is -1.83. The third-order valence-electron chi connectivity index (χ3n) is 1.39. The number of fused-ring (bicyclic) bond motifs is 1. The summed E-state index contributed by atoms with van der Waals surface area (Å²) in [5.41, 5.74) is 2.06. The first-order chi connectivity index (χ1) is 5.88. The highest BCUT2D eigenvalue weighted by Gasteiger charge is 1.99. The van der Waals surface area contributed by atoms with Crippen LogP contribution in [0.25, 0.3) is 10.2 Å². The molecule has 2 nitrogen and oxygen atoms in total. The van der Waals surface area contributed by atoms with Crippen LogP contribution in [0.15, 0.2) is 18.3 Å². The van der Waals surface area contributed by atoms with Crippen molar-refractivity contribution >= 4 is 21.7 Å². The van der Waals surface area contributed by atoms with Gasteiger partial charge in [0.2, 0.25) is 0 Å². The van der Waals surface area contributed by atoms with Gasteiger partial charge in [0.05, 0.1) is 10.4 Å². The second kappa shape index (κ2) is 4.16. The molecule has 0 aliphatic carbocycles. The van der Waals surface area contributed by atoms with Crippen LogP contribution in [-0.2, 0) is 0 Å². The quantitative estimate of drug-likeness (QED) is 0.622. The predicted octanol–water partition coefficient (Wildman–Crippen LogP) is 3.03. The molecule has 0 saturated carbocycles. The molecule has 0 unspecified atom stereocenters. The van der Waals surface area contributed by atoms with Crippen molar-refractivity contribution in [2.24, 2.45) is 0 Å². The van der Waals surface area contributed by atoms with Gasteiger partial charge in [-0.1, -0.05) is 13.8 Å². The summed E-state index contributed by atoms with van der Waals surface area (Å²) in [6.07, 6.45) is 1.80. The highest BCUT2D eigenvalue weighted by atomic mass is 32.1. The Morgan fingerprint density at radius 1 is 1.33 bits per heavy atom. The van der Waals surface area contributed by atoms with Gasteiger partial charge in [-0.15, -0.1) is 0 Å². The number of aromatic nitrogens is 2. The predicted molar refractivity (Wildman–Crippen MR) is 53.5 cm³/mol. The lowest BCUT2D eigenvalue weighted by Crippen LogP contribution is -1.73. The van der Waals surface area contributed by atoms with Crippen molar-refractivity contribution in [3.8, 4) is 0 Å². The molecule has 0 saturated heterocycles. The Morgan fingerprint density at radius 2 is 2.08 bits per heavy atom. The fourth-order valence-corrected chi connectivity index (χ4v) is 1.64. The maximum absolute atomic E-state index is 4.19. The first-order valence-electron chi connectivity index (χ1n) is 4.05. The van der Waals surface area contributed by atoms with Crippen molar-refractivity contribution in [2.75, 3.05) is 0 Å². The van der Waals surface area contributed by atoms with Crippen LogP contribution in [0.4, 0.5) is 0 Å². The van der Waals surface area contributed by atoms with Crippen molar-refractivity contribution in [1.29, 1.82) is 0 Å². The molecule has 0 radical (unpaired) electrons. The molecule has 0 fully saturated rings. The molecule has 0 atom stereocenters. The van der Waals surface area contributed by atoms with Crippen molar-refractivity contribution in [2.45, 2.75) is 20.8 Å². The Bertz CT molecular complexity index is 354.